The summed E-state index contributed by atoms with van der Waals surface area (Å²) < 4.78 is 10.2. The lowest BCUT2D eigenvalue weighted by molar-refractivity contribution is -0.120. The Balaban J connectivity index is 1.42. The number of benzene rings is 2. The number of aromatic amines is 1. The number of hydrogen-bond donors (Lipinski definition) is 2. The smallest absolute Gasteiger partial charge is 0.354 e. The summed E-state index contributed by atoms with van der Waals surface area (Å²) in [5.41, 5.74) is 3.41. The van der Waals surface area contributed by atoms with Gasteiger partial charge in [0.25, 0.3) is 0 Å². The van der Waals surface area contributed by atoms with Crippen molar-refractivity contribution in [2.45, 2.75) is 31.2 Å². The predicted molar refractivity (Wildman–Crippen MR) is 119 cm³/mol. The molecule has 0 saturated carbocycles. The summed E-state index contributed by atoms with van der Waals surface area (Å²) in [5.74, 6) is 0.0222. The lowest BCUT2D eigenvalue weighted by atomic mass is 9.88. The normalized spacial score (nSPS) is 18.4. The van der Waals surface area contributed by atoms with E-state index in [0.717, 1.165) is 29.4 Å². The number of hydrogen-bond acceptors (Lipinski definition) is 5. The van der Waals surface area contributed by atoms with Gasteiger partial charge in [0, 0.05) is 43.4 Å². The van der Waals surface area contributed by atoms with E-state index in [1.54, 1.807) is 13.2 Å². The fourth-order valence-electron chi connectivity index (χ4n) is 4.26. The first-order chi connectivity index (χ1) is 15.2. The molecular weight excluding hydrogens is 392 g/mol. The molecule has 0 radical (unpaired) electrons. The zero-order valence-corrected chi connectivity index (χ0v) is 17.7. The zero-order chi connectivity index (χ0) is 21.6. The van der Waals surface area contributed by atoms with Gasteiger partial charge in [-0.05, 0) is 42.3 Å². The summed E-state index contributed by atoms with van der Waals surface area (Å²) in [6.07, 6.45) is 1.99. The van der Waals surface area contributed by atoms with E-state index in [-0.39, 0.29) is 23.7 Å². The maximum Gasteiger partial charge on any atom is 0.354 e. The van der Waals surface area contributed by atoms with Gasteiger partial charge in [-0.25, -0.2) is 4.79 Å². The number of nitrogens with one attached hydrogen (secondary N) is 2. The van der Waals surface area contributed by atoms with Gasteiger partial charge < -0.3 is 19.8 Å². The monoisotopic (exact) mass is 420 g/mol. The van der Waals surface area contributed by atoms with Crippen LogP contribution < -0.4 is 5.32 Å². The lowest BCUT2D eigenvalue weighted by Gasteiger charge is -2.19. The van der Waals surface area contributed by atoms with Crippen molar-refractivity contribution in [3.8, 4) is 0 Å². The molecule has 1 aromatic heterocycles. The van der Waals surface area contributed by atoms with E-state index in [2.05, 4.69) is 22.4 Å². The molecule has 2 heterocycles. The zero-order valence-electron chi connectivity index (χ0n) is 17.7. The van der Waals surface area contributed by atoms with Crippen LogP contribution in [0.3, 0.4) is 0 Å². The first-order valence-electron chi connectivity index (χ1n) is 10.7. The summed E-state index contributed by atoms with van der Waals surface area (Å²) in [5, 5.41) is 4.28. The Morgan fingerprint density at radius 1 is 1.06 bits per heavy atom. The fourth-order valence-corrected chi connectivity index (χ4v) is 4.26. The second-order valence-corrected chi connectivity index (χ2v) is 7.97. The van der Waals surface area contributed by atoms with E-state index in [1.165, 1.54) is 5.56 Å². The molecule has 0 amide bonds. The minimum Gasteiger partial charge on any atom is -0.461 e. The Morgan fingerprint density at radius 2 is 1.90 bits per heavy atom. The van der Waals surface area contributed by atoms with Crippen molar-refractivity contribution in [1.82, 2.24) is 10.3 Å². The van der Waals surface area contributed by atoms with Gasteiger partial charge in [-0.1, -0.05) is 36.4 Å². The van der Waals surface area contributed by atoms with Crippen molar-refractivity contribution < 1.29 is 19.1 Å². The van der Waals surface area contributed by atoms with Crippen molar-refractivity contribution in [2.75, 3.05) is 26.9 Å². The number of H-pyrrole nitrogens is 1. The minimum absolute atomic E-state index is 0.165. The number of rotatable bonds is 9. The number of carbonyl (C=O) groups is 2. The quantitative estimate of drug-likeness (QED) is 0.408. The molecule has 0 unspecified atom stereocenters. The highest BCUT2D eigenvalue weighted by atomic mass is 16.5. The van der Waals surface area contributed by atoms with E-state index < -0.39 is 0 Å². The van der Waals surface area contributed by atoms with Gasteiger partial charge in [0.05, 0.1) is 12.6 Å². The predicted octanol–water partition coefficient (Wildman–Crippen LogP) is 3.62. The Kier molecular flexibility index (Phi) is 6.79. The van der Waals surface area contributed by atoms with Gasteiger partial charge in [0.2, 0.25) is 0 Å². The van der Waals surface area contributed by atoms with E-state index in [1.807, 2.05) is 36.4 Å². The van der Waals surface area contributed by atoms with Crippen LogP contribution in [0, 0.1) is 0 Å². The molecule has 6 heteroatoms. The van der Waals surface area contributed by atoms with Crippen molar-refractivity contribution in [3.05, 3.63) is 71.4 Å². The standard InChI is InChI=1S/C25H28N2O4/c1-30-12-5-13-31-25(29)22-16-19-14-17(8-9-21(19)27-22)15-23(28)24-20(10-11-26-24)18-6-3-2-4-7-18/h2-4,6-9,14,16,20,24,26-27H,5,10-13,15H2,1H3/t20-,24-/m0/s1. The van der Waals surface area contributed by atoms with Crippen LogP contribution in [0.1, 0.15) is 40.4 Å². The third-order valence-electron chi connectivity index (χ3n) is 5.81. The molecule has 0 spiro atoms. The first kappa shape index (κ1) is 21.3. The van der Waals surface area contributed by atoms with E-state index in [0.29, 0.717) is 31.7 Å². The molecule has 0 aliphatic carbocycles. The van der Waals surface area contributed by atoms with Crippen molar-refractivity contribution >= 4 is 22.7 Å². The van der Waals surface area contributed by atoms with E-state index in [9.17, 15) is 9.59 Å². The van der Waals surface area contributed by atoms with Crippen molar-refractivity contribution in [2.24, 2.45) is 0 Å². The lowest BCUT2D eigenvalue weighted by Crippen LogP contribution is -2.35. The van der Waals surface area contributed by atoms with Gasteiger partial charge in [-0.15, -0.1) is 0 Å². The number of ether oxygens (including phenoxy) is 2. The van der Waals surface area contributed by atoms with Crippen LogP contribution in [0.25, 0.3) is 10.9 Å². The van der Waals surface area contributed by atoms with Crippen LogP contribution in [-0.4, -0.2) is 49.6 Å². The molecule has 162 valence electrons. The number of methoxy groups -OCH3 is 1. The Morgan fingerprint density at radius 3 is 2.71 bits per heavy atom. The third kappa shape index (κ3) is 5.03. The molecule has 1 aliphatic rings. The highest BCUT2D eigenvalue weighted by Crippen LogP contribution is 2.29. The average Bonchev–Trinajstić information content (AvgIpc) is 3.44. The van der Waals surface area contributed by atoms with Crippen LogP contribution in [0.5, 0.6) is 0 Å². The molecule has 3 aromatic rings. The first-order valence-corrected chi connectivity index (χ1v) is 10.7. The van der Waals surface area contributed by atoms with Crippen LogP contribution in [0.15, 0.2) is 54.6 Å². The van der Waals surface area contributed by atoms with Crippen LogP contribution in [0.2, 0.25) is 0 Å². The molecule has 0 bridgehead atoms. The molecule has 31 heavy (non-hydrogen) atoms. The highest BCUT2D eigenvalue weighted by molar-refractivity contribution is 5.95. The second-order valence-electron chi connectivity index (χ2n) is 7.97. The summed E-state index contributed by atoms with van der Waals surface area (Å²) in [6, 6.07) is 17.7. The summed E-state index contributed by atoms with van der Waals surface area (Å²) in [7, 11) is 1.62. The molecule has 6 nitrogen and oxygen atoms in total. The number of ketones is 1. The topological polar surface area (TPSA) is 80.4 Å². The SMILES string of the molecule is COCCCOC(=O)c1cc2cc(CC(=O)[C@H]3NCC[C@H]3c3ccccc3)ccc2[nH]1. The van der Waals surface area contributed by atoms with Gasteiger partial charge in [0.1, 0.15) is 5.69 Å². The number of Topliss-reactive ketones (excluding diaryl/α,β-unsaturated/α-hetero) is 1. The van der Waals surface area contributed by atoms with Crippen LogP contribution in [-0.2, 0) is 20.7 Å². The largest absolute Gasteiger partial charge is 0.461 e. The van der Waals surface area contributed by atoms with Crippen molar-refractivity contribution in [3.63, 3.8) is 0 Å². The Hall–Kier alpha value is -2.96. The third-order valence-corrected chi connectivity index (χ3v) is 5.81. The molecular formula is C25H28N2O4. The number of esters is 1. The second kappa shape index (κ2) is 9.90. The van der Waals surface area contributed by atoms with Crippen molar-refractivity contribution in [1.29, 1.82) is 0 Å². The maximum absolute atomic E-state index is 13.1. The highest BCUT2D eigenvalue weighted by Gasteiger charge is 2.33. The summed E-state index contributed by atoms with van der Waals surface area (Å²) in [4.78, 5) is 28.4. The van der Waals surface area contributed by atoms with E-state index >= 15 is 0 Å². The molecule has 1 saturated heterocycles. The molecule has 4 rings (SSSR count). The molecule has 2 N–H and O–H groups in total. The summed E-state index contributed by atoms with van der Waals surface area (Å²) >= 11 is 0. The number of aromatic nitrogens is 1. The van der Waals surface area contributed by atoms with Gasteiger partial charge >= 0.3 is 5.97 Å². The minimum atomic E-state index is -0.384. The average molecular weight is 421 g/mol. The van der Waals surface area contributed by atoms with Crippen LogP contribution in [0.4, 0.5) is 0 Å². The Labute approximate surface area is 181 Å². The summed E-state index contributed by atoms with van der Waals surface area (Å²) in [6.45, 7) is 1.72. The van der Waals surface area contributed by atoms with Gasteiger partial charge in [0.15, 0.2) is 5.78 Å². The number of fused-ring (bicyclic) bond motifs is 1. The Bertz CT molecular complexity index is 1040. The number of carbonyl (C=O) groups excluding carboxylic acids is 2. The van der Waals surface area contributed by atoms with Gasteiger partial charge in [-0.2, -0.15) is 0 Å². The van der Waals surface area contributed by atoms with E-state index in [4.69, 9.17) is 9.47 Å². The maximum atomic E-state index is 13.1. The molecule has 2 aromatic carbocycles. The van der Waals surface area contributed by atoms with Gasteiger partial charge in [-0.3, -0.25) is 4.79 Å². The molecule has 1 fully saturated rings. The molecule has 1 aliphatic heterocycles. The van der Waals surface area contributed by atoms with Crippen LogP contribution >= 0.6 is 0 Å². The molecule has 2 atom stereocenters. The fraction of sp³-hybridized carbons (Fsp3) is 0.360.